The molecule has 1 fully saturated rings. The molecule has 0 unspecified atom stereocenters. The lowest BCUT2D eigenvalue weighted by molar-refractivity contribution is 0.0912. The lowest BCUT2D eigenvalue weighted by atomic mass is 10.0. The highest BCUT2D eigenvalue weighted by atomic mass is 16.5. The average molecular weight is 419 g/mol. The molecule has 2 heterocycles. The first-order valence-electron chi connectivity index (χ1n) is 11.0. The number of aromatic nitrogens is 2. The number of likely N-dealkylation sites (tertiary alicyclic amines) is 1. The molecular weight excluding hydrogens is 388 g/mol. The Labute approximate surface area is 183 Å². The number of piperidine rings is 1. The van der Waals surface area contributed by atoms with Gasteiger partial charge in [0.1, 0.15) is 11.4 Å². The fourth-order valence-corrected chi connectivity index (χ4v) is 4.12. The number of nitrogens with one attached hydrogen (secondary N) is 1. The van der Waals surface area contributed by atoms with Crippen LogP contribution in [0.1, 0.15) is 36.5 Å². The Balaban J connectivity index is 1.61. The highest BCUT2D eigenvalue weighted by Gasteiger charge is 2.24. The van der Waals surface area contributed by atoms with Crippen LogP contribution in [0.4, 0.5) is 0 Å². The number of para-hydroxylation sites is 1. The van der Waals surface area contributed by atoms with E-state index in [1.165, 1.54) is 6.42 Å². The molecule has 1 aromatic heterocycles. The van der Waals surface area contributed by atoms with Crippen LogP contribution in [-0.4, -0.2) is 53.4 Å². The minimum absolute atomic E-state index is 0.0751. The largest absolute Gasteiger partial charge is 0.497 e. The third-order valence-electron chi connectivity index (χ3n) is 5.79. The van der Waals surface area contributed by atoms with Crippen molar-refractivity contribution in [2.45, 2.75) is 32.2 Å². The maximum atomic E-state index is 13.3. The third-order valence-corrected chi connectivity index (χ3v) is 5.79. The van der Waals surface area contributed by atoms with Gasteiger partial charge in [-0.2, -0.15) is 5.10 Å². The van der Waals surface area contributed by atoms with E-state index < -0.39 is 0 Å². The van der Waals surface area contributed by atoms with Crippen LogP contribution >= 0.6 is 0 Å². The van der Waals surface area contributed by atoms with E-state index >= 15 is 0 Å². The topological polar surface area (TPSA) is 59.4 Å². The molecule has 0 bridgehead atoms. The number of ether oxygens (including phenoxy) is 1. The van der Waals surface area contributed by atoms with Gasteiger partial charge in [-0.1, -0.05) is 37.3 Å². The van der Waals surface area contributed by atoms with Crippen molar-refractivity contribution in [1.29, 1.82) is 0 Å². The monoisotopic (exact) mass is 418 g/mol. The van der Waals surface area contributed by atoms with Crippen molar-refractivity contribution in [2.24, 2.45) is 0 Å². The molecule has 3 aromatic rings. The highest BCUT2D eigenvalue weighted by molar-refractivity contribution is 6.00. The van der Waals surface area contributed by atoms with Gasteiger partial charge >= 0.3 is 0 Å². The molecule has 2 aromatic carbocycles. The zero-order valence-electron chi connectivity index (χ0n) is 18.3. The van der Waals surface area contributed by atoms with E-state index in [9.17, 15) is 4.79 Å². The molecule has 0 saturated carbocycles. The summed E-state index contributed by atoms with van der Waals surface area (Å²) in [4.78, 5) is 15.8. The van der Waals surface area contributed by atoms with Crippen LogP contribution in [0.15, 0.2) is 60.8 Å². The van der Waals surface area contributed by atoms with Crippen LogP contribution in [0.25, 0.3) is 16.9 Å². The predicted molar refractivity (Wildman–Crippen MR) is 123 cm³/mol. The van der Waals surface area contributed by atoms with Crippen LogP contribution in [0, 0.1) is 0 Å². The molecule has 1 aliphatic rings. The van der Waals surface area contributed by atoms with Crippen LogP contribution in [0.5, 0.6) is 5.75 Å². The Morgan fingerprint density at radius 3 is 2.61 bits per heavy atom. The van der Waals surface area contributed by atoms with Gasteiger partial charge in [0.05, 0.1) is 18.4 Å². The molecule has 1 aliphatic heterocycles. The lowest BCUT2D eigenvalue weighted by Crippen LogP contribution is -2.44. The van der Waals surface area contributed by atoms with E-state index in [0.29, 0.717) is 11.3 Å². The van der Waals surface area contributed by atoms with Gasteiger partial charge in [0.15, 0.2) is 0 Å². The smallest absolute Gasteiger partial charge is 0.255 e. The van der Waals surface area contributed by atoms with Gasteiger partial charge in [-0.05, 0) is 50.1 Å². The van der Waals surface area contributed by atoms with Gasteiger partial charge in [0.25, 0.3) is 5.91 Å². The van der Waals surface area contributed by atoms with Crippen molar-refractivity contribution in [3.05, 3.63) is 66.4 Å². The van der Waals surface area contributed by atoms with Gasteiger partial charge < -0.3 is 15.0 Å². The number of carbonyl (C=O) groups is 1. The zero-order chi connectivity index (χ0) is 21.6. The normalized spacial score (nSPS) is 15.0. The first-order valence-corrected chi connectivity index (χ1v) is 11.0. The summed E-state index contributed by atoms with van der Waals surface area (Å²) in [6.45, 7) is 5.40. The van der Waals surface area contributed by atoms with Crippen molar-refractivity contribution in [3.8, 4) is 22.7 Å². The molecule has 4 rings (SSSR count). The average Bonchev–Trinajstić information content (AvgIpc) is 3.27. The second kappa shape index (κ2) is 9.79. The summed E-state index contributed by atoms with van der Waals surface area (Å²) < 4.78 is 7.15. The fourth-order valence-electron chi connectivity index (χ4n) is 4.12. The van der Waals surface area contributed by atoms with Crippen LogP contribution in [-0.2, 0) is 0 Å². The van der Waals surface area contributed by atoms with Crippen molar-refractivity contribution in [2.75, 3.05) is 26.7 Å². The molecule has 0 radical (unpaired) electrons. The number of benzene rings is 2. The van der Waals surface area contributed by atoms with Gasteiger partial charge in [-0.25, -0.2) is 4.68 Å². The number of carbonyl (C=O) groups excluding carboxylic acids is 1. The van der Waals surface area contributed by atoms with Crippen LogP contribution < -0.4 is 10.1 Å². The van der Waals surface area contributed by atoms with Gasteiger partial charge in [-0.15, -0.1) is 0 Å². The number of methoxy groups -OCH3 is 1. The van der Waals surface area contributed by atoms with Gasteiger partial charge in [-0.3, -0.25) is 4.79 Å². The number of rotatable bonds is 7. The first kappa shape index (κ1) is 21.1. The van der Waals surface area contributed by atoms with E-state index in [2.05, 4.69) is 17.1 Å². The molecule has 0 spiro atoms. The van der Waals surface area contributed by atoms with E-state index in [1.807, 2.05) is 60.8 Å². The summed E-state index contributed by atoms with van der Waals surface area (Å²) in [6, 6.07) is 17.7. The highest BCUT2D eigenvalue weighted by Crippen LogP contribution is 2.27. The number of hydrogen-bond acceptors (Lipinski definition) is 4. The Hall–Kier alpha value is -3.12. The lowest BCUT2D eigenvalue weighted by Gasteiger charge is -2.32. The summed E-state index contributed by atoms with van der Waals surface area (Å²) in [7, 11) is 1.64. The number of amides is 1. The van der Waals surface area contributed by atoms with Crippen molar-refractivity contribution >= 4 is 5.91 Å². The van der Waals surface area contributed by atoms with Crippen LogP contribution in [0.3, 0.4) is 0 Å². The van der Waals surface area contributed by atoms with Crippen molar-refractivity contribution < 1.29 is 9.53 Å². The quantitative estimate of drug-likeness (QED) is 0.626. The third kappa shape index (κ3) is 4.97. The first-order chi connectivity index (χ1) is 15.2. The minimum atomic E-state index is -0.0751. The van der Waals surface area contributed by atoms with Crippen molar-refractivity contribution in [1.82, 2.24) is 20.0 Å². The number of nitrogens with zero attached hydrogens (tertiary/aromatic N) is 3. The van der Waals surface area contributed by atoms with Crippen molar-refractivity contribution in [3.63, 3.8) is 0 Å². The molecule has 6 nitrogen and oxygen atoms in total. The molecular formula is C25H30N4O2. The molecule has 1 amide bonds. The van der Waals surface area contributed by atoms with E-state index in [1.54, 1.807) is 11.8 Å². The zero-order valence-corrected chi connectivity index (χ0v) is 18.3. The second-order valence-electron chi connectivity index (χ2n) is 7.99. The standard InChI is InChI=1S/C25H30N4O2/c1-3-14-28-15-12-20(13-16-28)26-25(30)23-18-29(21-9-5-4-6-10-21)27-24(23)19-8-7-11-22(17-19)31-2/h4-11,17-18,20H,3,12-16H2,1-2H3,(H,26,30). The summed E-state index contributed by atoms with van der Waals surface area (Å²) in [5.74, 6) is 0.662. The Kier molecular flexibility index (Phi) is 6.67. The molecule has 0 aliphatic carbocycles. The predicted octanol–water partition coefficient (Wildman–Crippen LogP) is 4.15. The summed E-state index contributed by atoms with van der Waals surface area (Å²) in [6.07, 6.45) is 4.95. The SMILES string of the molecule is CCCN1CCC(NC(=O)c2cn(-c3ccccc3)nc2-c2cccc(OC)c2)CC1. The Morgan fingerprint density at radius 1 is 1.13 bits per heavy atom. The maximum absolute atomic E-state index is 13.3. The fraction of sp³-hybridized carbons (Fsp3) is 0.360. The maximum Gasteiger partial charge on any atom is 0.255 e. The molecule has 0 atom stereocenters. The summed E-state index contributed by atoms with van der Waals surface area (Å²) >= 11 is 0. The molecule has 1 saturated heterocycles. The van der Waals surface area contributed by atoms with Gasteiger partial charge in [0.2, 0.25) is 0 Å². The van der Waals surface area contributed by atoms with Gasteiger partial charge in [0, 0.05) is 30.9 Å². The van der Waals surface area contributed by atoms with E-state index in [-0.39, 0.29) is 11.9 Å². The minimum Gasteiger partial charge on any atom is -0.497 e. The number of hydrogen-bond donors (Lipinski definition) is 1. The van der Waals surface area contributed by atoms with E-state index in [0.717, 1.165) is 49.5 Å². The molecule has 6 heteroatoms. The second-order valence-corrected chi connectivity index (χ2v) is 7.99. The van der Waals surface area contributed by atoms with Crippen LogP contribution in [0.2, 0.25) is 0 Å². The Morgan fingerprint density at radius 2 is 1.90 bits per heavy atom. The summed E-state index contributed by atoms with van der Waals surface area (Å²) in [5.41, 5.74) is 3.01. The molecule has 162 valence electrons. The molecule has 1 N–H and O–H groups in total. The summed E-state index contributed by atoms with van der Waals surface area (Å²) in [5, 5.41) is 8.02. The molecule has 31 heavy (non-hydrogen) atoms. The Bertz CT molecular complexity index is 1010. The van der Waals surface area contributed by atoms with E-state index in [4.69, 9.17) is 9.84 Å².